The van der Waals surface area contributed by atoms with E-state index >= 15 is 0 Å². The fraction of sp³-hybridized carbons (Fsp3) is 0.200. The molecule has 0 unspecified atom stereocenters. The molecule has 0 radical (unpaired) electrons. The molecule has 1 heterocycles. The van der Waals surface area contributed by atoms with E-state index in [9.17, 15) is 14.0 Å². The van der Waals surface area contributed by atoms with E-state index in [0.29, 0.717) is 17.0 Å². The molecule has 0 saturated carbocycles. The molecule has 0 aliphatic carbocycles. The Balaban J connectivity index is 1.97. The monoisotopic (exact) mass is 290 g/mol. The second-order valence-corrected chi connectivity index (χ2v) is 4.61. The van der Waals surface area contributed by atoms with Gasteiger partial charge in [0.1, 0.15) is 11.6 Å². The van der Waals surface area contributed by atoms with Crippen molar-refractivity contribution in [1.82, 2.24) is 4.57 Å². The topological polar surface area (TPSA) is 60.3 Å². The fourth-order valence-electron chi connectivity index (χ4n) is 1.72. The first-order chi connectivity index (χ1) is 9.95. The summed E-state index contributed by atoms with van der Waals surface area (Å²) in [6.45, 7) is 1.53. The Bertz CT molecular complexity index is 708. The normalized spacial score (nSPS) is 10.2. The number of anilines is 1. The molecule has 0 fully saturated rings. The minimum Gasteiger partial charge on any atom is -0.484 e. The van der Waals surface area contributed by atoms with Crippen LogP contribution in [0.1, 0.15) is 5.56 Å². The van der Waals surface area contributed by atoms with Crippen LogP contribution in [0.4, 0.5) is 10.1 Å². The molecule has 0 aliphatic rings. The van der Waals surface area contributed by atoms with Crippen LogP contribution in [0.3, 0.4) is 0 Å². The largest absolute Gasteiger partial charge is 0.484 e. The molecule has 1 aromatic heterocycles. The predicted molar refractivity (Wildman–Crippen MR) is 76.9 cm³/mol. The van der Waals surface area contributed by atoms with E-state index in [4.69, 9.17) is 4.74 Å². The number of aryl methyl sites for hydroxylation is 2. The van der Waals surface area contributed by atoms with Gasteiger partial charge in [-0.05, 0) is 36.8 Å². The van der Waals surface area contributed by atoms with E-state index in [-0.39, 0.29) is 23.9 Å². The number of hydrogen-bond acceptors (Lipinski definition) is 3. The number of pyridine rings is 1. The summed E-state index contributed by atoms with van der Waals surface area (Å²) >= 11 is 0. The average molecular weight is 290 g/mol. The number of carbonyl (C=O) groups is 1. The molecule has 0 aliphatic heterocycles. The van der Waals surface area contributed by atoms with Gasteiger partial charge in [-0.3, -0.25) is 9.59 Å². The van der Waals surface area contributed by atoms with Gasteiger partial charge in [0.15, 0.2) is 6.61 Å². The molecule has 2 rings (SSSR count). The standard InChI is InChI=1S/C15H15FN2O3/c1-10-7-15(20)18(2)8-13(10)17-14(19)9-21-12-5-3-11(16)4-6-12/h3-8H,9H2,1-2H3,(H,17,19). The van der Waals surface area contributed by atoms with Crippen molar-refractivity contribution in [2.45, 2.75) is 6.92 Å². The maximum Gasteiger partial charge on any atom is 0.262 e. The molecule has 6 heteroatoms. The minimum absolute atomic E-state index is 0.145. The number of amides is 1. The fourth-order valence-corrected chi connectivity index (χ4v) is 1.72. The highest BCUT2D eigenvalue weighted by atomic mass is 19.1. The van der Waals surface area contributed by atoms with Gasteiger partial charge in [-0.2, -0.15) is 0 Å². The highest BCUT2D eigenvalue weighted by Gasteiger charge is 2.07. The predicted octanol–water partition coefficient (Wildman–Crippen LogP) is 1.85. The molecule has 1 N–H and O–H groups in total. The van der Waals surface area contributed by atoms with Crippen LogP contribution < -0.4 is 15.6 Å². The Labute approximate surface area is 121 Å². The quantitative estimate of drug-likeness (QED) is 0.935. The summed E-state index contributed by atoms with van der Waals surface area (Å²) in [5.41, 5.74) is 1.08. The summed E-state index contributed by atoms with van der Waals surface area (Å²) in [6.07, 6.45) is 1.55. The Morgan fingerprint density at radius 3 is 2.67 bits per heavy atom. The highest BCUT2D eigenvalue weighted by Crippen LogP contribution is 2.12. The number of halogens is 1. The molecule has 5 nitrogen and oxygen atoms in total. The summed E-state index contributed by atoms with van der Waals surface area (Å²) in [4.78, 5) is 23.2. The first-order valence-corrected chi connectivity index (χ1v) is 6.31. The number of nitrogens with zero attached hydrogens (tertiary/aromatic N) is 1. The molecule has 1 aromatic carbocycles. The molecular weight excluding hydrogens is 275 g/mol. The van der Waals surface area contributed by atoms with E-state index in [0.717, 1.165) is 0 Å². The third-order valence-corrected chi connectivity index (χ3v) is 2.89. The lowest BCUT2D eigenvalue weighted by Gasteiger charge is -2.10. The van der Waals surface area contributed by atoms with Gasteiger partial charge in [0.05, 0.1) is 5.69 Å². The van der Waals surface area contributed by atoms with E-state index in [1.165, 1.54) is 34.9 Å². The molecule has 0 bridgehead atoms. The summed E-state index contributed by atoms with van der Waals surface area (Å²) in [5.74, 6) is -0.322. The van der Waals surface area contributed by atoms with Crippen LogP contribution >= 0.6 is 0 Å². The molecule has 1 amide bonds. The van der Waals surface area contributed by atoms with E-state index in [1.54, 1.807) is 20.2 Å². The molecule has 0 spiro atoms. The summed E-state index contributed by atoms with van der Waals surface area (Å²) in [5, 5.41) is 2.66. The van der Waals surface area contributed by atoms with Gasteiger partial charge in [0, 0.05) is 19.3 Å². The highest BCUT2D eigenvalue weighted by molar-refractivity contribution is 5.92. The van der Waals surface area contributed by atoms with Crippen molar-refractivity contribution in [3.05, 3.63) is 58.3 Å². The molecule has 0 saturated heterocycles. The van der Waals surface area contributed by atoms with E-state index in [2.05, 4.69) is 5.32 Å². The van der Waals surface area contributed by atoms with Crippen LogP contribution in [0, 0.1) is 12.7 Å². The zero-order chi connectivity index (χ0) is 15.4. The summed E-state index contributed by atoms with van der Waals surface area (Å²) in [6, 6.07) is 6.84. The smallest absolute Gasteiger partial charge is 0.262 e. The first kappa shape index (κ1) is 14.8. The Morgan fingerprint density at radius 1 is 1.33 bits per heavy atom. The minimum atomic E-state index is -0.368. The number of carbonyl (C=O) groups excluding carboxylic acids is 1. The third kappa shape index (κ3) is 3.92. The lowest BCUT2D eigenvalue weighted by atomic mass is 10.2. The number of rotatable bonds is 4. The van der Waals surface area contributed by atoms with Crippen LogP contribution in [-0.2, 0) is 11.8 Å². The van der Waals surface area contributed by atoms with Crippen molar-refractivity contribution >= 4 is 11.6 Å². The van der Waals surface area contributed by atoms with Crippen molar-refractivity contribution < 1.29 is 13.9 Å². The van der Waals surface area contributed by atoms with Gasteiger partial charge in [0.25, 0.3) is 11.5 Å². The van der Waals surface area contributed by atoms with Crippen LogP contribution in [0.2, 0.25) is 0 Å². The third-order valence-electron chi connectivity index (χ3n) is 2.89. The van der Waals surface area contributed by atoms with Gasteiger partial charge >= 0.3 is 0 Å². The maximum atomic E-state index is 12.7. The number of ether oxygens (including phenoxy) is 1. The van der Waals surface area contributed by atoms with E-state index < -0.39 is 0 Å². The van der Waals surface area contributed by atoms with Gasteiger partial charge < -0.3 is 14.6 Å². The average Bonchev–Trinajstić information content (AvgIpc) is 2.44. The molecule has 2 aromatic rings. The molecule has 0 atom stereocenters. The SMILES string of the molecule is Cc1cc(=O)n(C)cc1NC(=O)COc1ccc(F)cc1. The van der Waals surface area contributed by atoms with Crippen LogP contribution in [0.15, 0.2) is 41.3 Å². The zero-order valence-electron chi connectivity index (χ0n) is 11.7. The summed E-state index contributed by atoms with van der Waals surface area (Å²) in [7, 11) is 1.60. The van der Waals surface area contributed by atoms with Gasteiger partial charge in [-0.25, -0.2) is 4.39 Å². The number of hydrogen-bond donors (Lipinski definition) is 1. The molecule has 21 heavy (non-hydrogen) atoms. The summed E-state index contributed by atoms with van der Waals surface area (Å²) < 4.78 is 19.3. The van der Waals surface area contributed by atoms with Crippen molar-refractivity contribution in [1.29, 1.82) is 0 Å². The number of aromatic nitrogens is 1. The maximum absolute atomic E-state index is 12.7. The Kier molecular flexibility index (Phi) is 4.37. The van der Waals surface area contributed by atoms with Crippen molar-refractivity contribution in [3.8, 4) is 5.75 Å². The second kappa shape index (κ2) is 6.21. The van der Waals surface area contributed by atoms with Gasteiger partial charge in [-0.15, -0.1) is 0 Å². The number of benzene rings is 1. The van der Waals surface area contributed by atoms with Crippen molar-refractivity contribution in [3.63, 3.8) is 0 Å². The van der Waals surface area contributed by atoms with Gasteiger partial charge in [0.2, 0.25) is 0 Å². The Morgan fingerprint density at radius 2 is 2.00 bits per heavy atom. The second-order valence-electron chi connectivity index (χ2n) is 4.61. The Hall–Kier alpha value is -2.63. The van der Waals surface area contributed by atoms with Crippen LogP contribution in [0.25, 0.3) is 0 Å². The number of nitrogens with one attached hydrogen (secondary N) is 1. The van der Waals surface area contributed by atoms with E-state index in [1.807, 2.05) is 0 Å². The lowest BCUT2D eigenvalue weighted by molar-refractivity contribution is -0.118. The zero-order valence-corrected chi connectivity index (χ0v) is 11.7. The van der Waals surface area contributed by atoms with Crippen molar-refractivity contribution in [2.75, 3.05) is 11.9 Å². The first-order valence-electron chi connectivity index (χ1n) is 6.31. The lowest BCUT2D eigenvalue weighted by Crippen LogP contribution is -2.23. The molecular formula is C15H15FN2O3. The van der Waals surface area contributed by atoms with Gasteiger partial charge in [-0.1, -0.05) is 0 Å². The van der Waals surface area contributed by atoms with Crippen molar-refractivity contribution in [2.24, 2.45) is 7.05 Å². The molecule has 110 valence electrons. The van der Waals surface area contributed by atoms with Crippen LogP contribution in [0.5, 0.6) is 5.75 Å². The van der Waals surface area contributed by atoms with Crippen LogP contribution in [-0.4, -0.2) is 17.1 Å².